The Morgan fingerprint density at radius 3 is 2.42 bits per heavy atom. The van der Waals surface area contributed by atoms with Crippen LogP contribution < -0.4 is 5.73 Å². The van der Waals surface area contributed by atoms with E-state index in [0.717, 1.165) is 0 Å². The lowest BCUT2D eigenvalue weighted by atomic mass is 9.77. The van der Waals surface area contributed by atoms with Crippen molar-refractivity contribution in [3.05, 3.63) is 35.4 Å². The second-order valence-corrected chi connectivity index (χ2v) is 6.31. The fourth-order valence-corrected chi connectivity index (χ4v) is 3.16. The minimum absolute atomic E-state index is 0.391. The normalized spacial score (nSPS) is 21.3. The Hall–Kier alpha value is -0.860. The molecule has 0 aromatic heterocycles. The van der Waals surface area contributed by atoms with Crippen molar-refractivity contribution in [1.29, 1.82) is 0 Å². The standard InChI is InChI=1S/C17H28N2/c1-4-17(3)9-11-19(12-10-17)16(13-18)15-8-6-5-7-14(15)2/h5-8,16H,4,9-13,18H2,1-3H3. The maximum absolute atomic E-state index is 6.06. The Kier molecular flexibility index (Phi) is 4.64. The predicted octanol–water partition coefficient (Wildman–Crippen LogP) is 3.51. The molecule has 2 heteroatoms. The van der Waals surface area contributed by atoms with Crippen LogP contribution in [-0.2, 0) is 0 Å². The molecule has 106 valence electrons. The number of hydrogen-bond acceptors (Lipinski definition) is 2. The van der Waals surface area contributed by atoms with Crippen LogP contribution in [0.25, 0.3) is 0 Å². The first kappa shape index (κ1) is 14.5. The first-order valence-electron chi connectivity index (χ1n) is 7.59. The Labute approximate surface area is 118 Å². The highest BCUT2D eigenvalue weighted by molar-refractivity contribution is 5.29. The third-order valence-corrected chi connectivity index (χ3v) is 5.07. The zero-order valence-corrected chi connectivity index (χ0v) is 12.7. The molecule has 1 aromatic rings. The predicted molar refractivity (Wildman–Crippen MR) is 82.2 cm³/mol. The zero-order valence-electron chi connectivity index (χ0n) is 12.7. The van der Waals surface area contributed by atoms with Crippen LogP contribution >= 0.6 is 0 Å². The Balaban J connectivity index is 2.10. The van der Waals surface area contributed by atoms with Gasteiger partial charge in [0, 0.05) is 12.6 Å². The quantitative estimate of drug-likeness (QED) is 0.897. The van der Waals surface area contributed by atoms with E-state index in [4.69, 9.17) is 5.73 Å². The average Bonchev–Trinajstić information content (AvgIpc) is 2.44. The van der Waals surface area contributed by atoms with Crippen LogP contribution in [0.1, 0.15) is 50.3 Å². The molecule has 0 bridgehead atoms. The molecule has 1 atom stereocenters. The number of hydrogen-bond donors (Lipinski definition) is 1. The molecule has 1 unspecified atom stereocenters. The lowest BCUT2D eigenvalue weighted by Gasteiger charge is -2.42. The molecule has 19 heavy (non-hydrogen) atoms. The number of rotatable bonds is 4. The number of likely N-dealkylation sites (tertiary alicyclic amines) is 1. The molecular formula is C17H28N2. The molecule has 1 fully saturated rings. The van der Waals surface area contributed by atoms with Gasteiger partial charge in [-0.1, -0.05) is 44.5 Å². The van der Waals surface area contributed by atoms with Crippen LogP contribution in [0.5, 0.6) is 0 Å². The maximum Gasteiger partial charge on any atom is 0.0473 e. The van der Waals surface area contributed by atoms with Crippen molar-refractivity contribution >= 4 is 0 Å². The molecule has 1 aliphatic heterocycles. The zero-order chi connectivity index (χ0) is 13.9. The van der Waals surface area contributed by atoms with Gasteiger partial charge in [-0.15, -0.1) is 0 Å². The third kappa shape index (κ3) is 3.18. The maximum atomic E-state index is 6.06. The first-order valence-corrected chi connectivity index (χ1v) is 7.59. The van der Waals surface area contributed by atoms with Crippen molar-refractivity contribution in [3.63, 3.8) is 0 Å². The van der Waals surface area contributed by atoms with Gasteiger partial charge in [0.2, 0.25) is 0 Å². The van der Waals surface area contributed by atoms with E-state index in [2.05, 4.69) is 49.9 Å². The van der Waals surface area contributed by atoms with E-state index in [0.29, 0.717) is 18.0 Å². The Morgan fingerprint density at radius 2 is 1.89 bits per heavy atom. The van der Waals surface area contributed by atoms with E-state index >= 15 is 0 Å². The Bertz CT molecular complexity index is 405. The van der Waals surface area contributed by atoms with Gasteiger partial charge in [-0.25, -0.2) is 0 Å². The topological polar surface area (TPSA) is 29.3 Å². The van der Waals surface area contributed by atoms with Gasteiger partial charge in [0.1, 0.15) is 0 Å². The summed E-state index contributed by atoms with van der Waals surface area (Å²) in [5, 5.41) is 0. The smallest absolute Gasteiger partial charge is 0.0473 e. The first-order chi connectivity index (χ1) is 9.09. The van der Waals surface area contributed by atoms with Gasteiger partial charge in [0.25, 0.3) is 0 Å². The molecule has 1 aliphatic rings. The molecule has 0 saturated carbocycles. The number of nitrogens with two attached hydrogens (primary N) is 1. The van der Waals surface area contributed by atoms with E-state index in [-0.39, 0.29) is 0 Å². The average molecular weight is 260 g/mol. The van der Waals surface area contributed by atoms with Crippen LogP contribution in [0.2, 0.25) is 0 Å². The molecule has 1 heterocycles. The van der Waals surface area contributed by atoms with Crippen molar-refractivity contribution in [2.75, 3.05) is 19.6 Å². The summed E-state index contributed by atoms with van der Waals surface area (Å²) in [6.45, 7) is 10.0. The minimum Gasteiger partial charge on any atom is -0.329 e. The Morgan fingerprint density at radius 1 is 1.26 bits per heavy atom. The molecule has 1 aromatic carbocycles. The highest BCUT2D eigenvalue weighted by Gasteiger charge is 2.31. The van der Waals surface area contributed by atoms with Gasteiger partial charge in [0.05, 0.1) is 0 Å². The lowest BCUT2D eigenvalue weighted by molar-refractivity contribution is 0.0827. The largest absolute Gasteiger partial charge is 0.329 e. The molecule has 2 nitrogen and oxygen atoms in total. The van der Waals surface area contributed by atoms with Gasteiger partial charge in [0.15, 0.2) is 0 Å². The van der Waals surface area contributed by atoms with E-state index < -0.39 is 0 Å². The van der Waals surface area contributed by atoms with Crippen LogP contribution in [0.15, 0.2) is 24.3 Å². The van der Waals surface area contributed by atoms with Crippen LogP contribution in [0.4, 0.5) is 0 Å². The number of piperidine rings is 1. The van der Waals surface area contributed by atoms with Crippen LogP contribution in [0.3, 0.4) is 0 Å². The van der Waals surface area contributed by atoms with Gasteiger partial charge in [-0.05, 0) is 49.4 Å². The van der Waals surface area contributed by atoms with Crippen molar-refractivity contribution < 1.29 is 0 Å². The van der Waals surface area contributed by atoms with E-state index in [9.17, 15) is 0 Å². The molecule has 0 amide bonds. The highest BCUT2D eigenvalue weighted by atomic mass is 15.2. The summed E-state index contributed by atoms with van der Waals surface area (Å²) in [5.74, 6) is 0. The molecule has 0 aliphatic carbocycles. The van der Waals surface area contributed by atoms with Crippen LogP contribution in [-0.4, -0.2) is 24.5 Å². The summed E-state index contributed by atoms with van der Waals surface area (Å²) in [5.41, 5.74) is 9.38. The van der Waals surface area contributed by atoms with Crippen molar-refractivity contribution in [2.24, 2.45) is 11.1 Å². The van der Waals surface area contributed by atoms with Crippen molar-refractivity contribution in [2.45, 2.75) is 46.1 Å². The van der Waals surface area contributed by atoms with E-state index in [1.54, 1.807) is 0 Å². The van der Waals surface area contributed by atoms with E-state index in [1.165, 1.54) is 43.5 Å². The van der Waals surface area contributed by atoms with Crippen LogP contribution in [0, 0.1) is 12.3 Å². The summed E-state index contributed by atoms with van der Waals surface area (Å²) in [6, 6.07) is 9.06. The monoisotopic (exact) mass is 260 g/mol. The van der Waals surface area contributed by atoms with Gasteiger partial charge in [-0.2, -0.15) is 0 Å². The second kappa shape index (κ2) is 6.06. The summed E-state index contributed by atoms with van der Waals surface area (Å²) < 4.78 is 0. The SMILES string of the molecule is CCC1(C)CCN(C(CN)c2ccccc2C)CC1. The highest BCUT2D eigenvalue weighted by Crippen LogP contribution is 2.37. The number of nitrogens with zero attached hydrogens (tertiary/aromatic N) is 1. The summed E-state index contributed by atoms with van der Waals surface area (Å²) in [7, 11) is 0. The van der Waals surface area contributed by atoms with Gasteiger partial charge < -0.3 is 5.73 Å². The summed E-state index contributed by atoms with van der Waals surface area (Å²) in [6.07, 6.45) is 3.89. The number of aryl methyl sites for hydroxylation is 1. The molecule has 0 radical (unpaired) electrons. The second-order valence-electron chi connectivity index (χ2n) is 6.31. The van der Waals surface area contributed by atoms with E-state index in [1.807, 2.05) is 0 Å². The lowest BCUT2D eigenvalue weighted by Crippen LogP contribution is -2.43. The molecule has 2 N–H and O–H groups in total. The molecule has 0 spiro atoms. The fraction of sp³-hybridized carbons (Fsp3) is 0.647. The van der Waals surface area contributed by atoms with Gasteiger partial charge in [-0.3, -0.25) is 4.90 Å². The number of benzene rings is 1. The molecule has 2 rings (SSSR count). The van der Waals surface area contributed by atoms with Crippen molar-refractivity contribution in [3.8, 4) is 0 Å². The van der Waals surface area contributed by atoms with Gasteiger partial charge >= 0.3 is 0 Å². The van der Waals surface area contributed by atoms with Crippen molar-refractivity contribution in [1.82, 2.24) is 4.90 Å². The third-order valence-electron chi connectivity index (χ3n) is 5.07. The molecule has 1 saturated heterocycles. The molecular weight excluding hydrogens is 232 g/mol. The minimum atomic E-state index is 0.391. The summed E-state index contributed by atoms with van der Waals surface area (Å²) >= 11 is 0. The fourth-order valence-electron chi connectivity index (χ4n) is 3.16. The summed E-state index contributed by atoms with van der Waals surface area (Å²) in [4.78, 5) is 2.58.